The molecule has 0 saturated heterocycles. The molecule has 0 bridgehead atoms. The number of rotatable bonds is 5. The fraction of sp³-hybridized carbons (Fsp3) is 0.923. The molecule has 1 aliphatic carbocycles. The Hall–Kier alpha value is -0.570. The maximum absolute atomic E-state index is 11.7. The molecule has 0 radical (unpaired) electrons. The van der Waals surface area contributed by atoms with Gasteiger partial charge in [0.2, 0.25) is 5.91 Å². The van der Waals surface area contributed by atoms with Crippen LogP contribution in [0.3, 0.4) is 0 Å². The standard InChI is InChI=1S/C13H26N2O/c1-9(2)15-13(16)11(4)14-8-12-7-5-6-10(12)3/h9-12,14H,5-8H2,1-4H3,(H,15,16). The summed E-state index contributed by atoms with van der Waals surface area (Å²) in [5.41, 5.74) is 0. The molecule has 94 valence electrons. The molecule has 2 N–H and O–H groups in total. The zero-order chi connectivity index (χ0) is 12.1. The Morgan fingerprint density at radius 3 is 2.50 bits per heavy atom. The van der Waals surface area contributed by atoms with Gasteiger partial charge in [0, 0.05) is 6.04 Å². The number of carbonyl (C=O) groups excluding carboxylic acids is 1. The lowest BCUT2D eigenvalue weighted by atomic mass is 9.98. The van der Waals surface area contributed by atoms with Gasteiger partial charge in [-0.3, -0.25) is 4.79 Å². The molecule has 1 saturated carbocycles. The smallest absolute Gasteiger partial charge is 0.237 e. The van der Waals surface area contributed by atoms with Crippen LogP contribution < -0.4 is 10.6 Å². The first kappa shape index (κ1) is 13.5. The summed E-state index contributed by atoms with van der Waals surface area (Å²) < 4.78 is 0. The van der Waals surface area contributed by atoms with Crippen LogP contribution in [0.5, 0.6) is 0 Å². The fourth-order valence-electron chi connectivity index (χ4n) is 2.36. The highest BCUT2D eigenvalue weighted by Gasteiger charge is 2.24. The van der Waals surface area contributed by atoms with Gasteiger partial charge in [-0.05, 0) is 45.6 Å². The zero-order valence-corrected chi connectivity index (χ0v) is 11.0. The minimum absolute atomic E-state index is 0.0739. The Morgan fingerprint density at radius 1 is 1.31 bits per heavy atom. The van der Waals surface area contributed by atoms with E-state index >= 15 is 0 Å². The number of amides is 1. The normalized spacial score (nSPS) is 27.1. The first-order chi connectivity index (χ1) is 7.50. The maximum Gasteiger partial charge on any atom is 0.237 e. The largest absolute Gasteiger partial charge is 0.353 e. The van der Waals surface area contributed by atoms with Crippen molar-refractivity contribution in [1.29, 1.82) is 0 Å². The van der Waals surface area contributed by atoms with Gasteiger partial charge in [-0.1, -0.05) is 19.8 Å². The summed E-state index contributed by atoms with van der Waals surface area (Å²) in [6.07, 6.45) is 4.01. The molecule has 16 heavy (non-hydrogen) atoms. The molecule has 0 heterocycles. The molecule has 1 fully saturated rings. The Balaban J connectivity index is 2.23. The van der Waals surface area contributed by atoms with Crippen LogP contribution in [-0.4, -0.2) is 24.5 Å². The van der Waals surface area contributed by atoms with Gasteiger partial charge >= 0.3 is 0 Å². The van der Waals surface area contributed by atoms with Crippen LogP contribution in [0.1, 0.15) is 47.0 Å². The number of hydrogen-bond donors (Lipinski definition) is 2. The van der Waals surface area contributed by atoms with Crippen LogP contribution in [-0.2, 0) is 4.79 Å². The molecule has 0 spiro atoms. The summed E-state index contributed by atoms with van der Waals surface area (Å²) in [6, 6.07) is 0.150. The van der Waals surface area contributed by atoms with Crippen LogP contribution in [0.4, 0.5) is 0 Å². The van der Waals surface area contributed by atoms with Crippen molar-refractivity contribution in [2.75, 3.05) is 6.54 Å². The van der Waals surface area contributed by atoms with E-state index in [4.69, 9.17) is 0 Å². The zero-order valence-electron chi connectivity index (χ0n) is 11.0. The van der Waals surface area contributed by atoms with E-state index in [0.717, 1.165) is 18.4 Å². The van der Waals surface area contributed by atoms with Gasteiger partial charge in [-0.25, -0.2) is 0 Å². The molecule has 3 heteroatoms. The van der Waals surface area contributed by atoms with Gasteiger partial charge in [0.25, 0.3) is 0 Å². The van der Waals surface area contributed by atoms with Gasteiger partial charge in [0.15, 0.2) is 0 Å². The Kier molecular flexibility index (Phi) is 5.26. The van der Waals surface area contributed by atoms with Crippen molar-refractivity contribution in [3.05, 3.63) is 0 Å². The van der Waals surface area contributed by atoms with Crippen LogP contribution in [0, 0.1) is 11.8 Å². The lowest BCUT2D eigenvalue weighted by Gasteiger charge is -2.20. The summed E-state index contributed by atoms with van der Waals surface area (Å²) in [5, 5.41) is 6.28. The first-order valence-corrected chi connectivity index (χ1v) is 6.54. The molecule has 3 nitrogen and oxygen atoms in total. The predicted molar refractivity (Wildman–Crippen MR) is 67.2 cm³/mol. The minimum atomic E-state index is -0.0739. The molecular weight excluding hydrogens is 200 g/mol. The molecule has 0 aliphatic heterocycles. The first-order valence-electron chi connectivity index (χ1n) is 6.54. The quantitative estimate of drug-likeness (QED) is 0.752. The highest BCUT2D eigenvalue weighted by atomic mass is 16.2. The number of carbonyl (C=O) groups is 1. The van der Waals surface area contributed by atoms with E-state index < -0.39 is 0 Å². The third-order valence-corrected chi connectivity index (χ3v) is 3.55. The van der Waals surface area contributed by atoms with Gasteiger partial charge in [0.1, 0.15) is 0 Å². The Bertz CT molecular complexity index is 228. The van der Waals surface area contributed by atoms with Gasteiger partial charge in [0.05, 0.1) is 6.04 Å². The van der Waals surface area contributed by atoms with Crippen molar-refractivity contribution >= 4 is 5.91 Å². The lowest BCUT2D eigenvalue weighted by Crippen LogP contribution is -2.46. The van der Waals surface area contributed by atoms with Crippen LogP contribution >= 0.6 is 0 Å². The monoisotopic (exact) mass is 226 g/mol. The highest BCUT2D eigenvalue weighted by Crippen LogP contribution is 2.30. The van der Waals surface area contributed by atoms with Crippen molar-refractivity contribution < 1.29 is 4.79 Å². The molecular formula is C13H26N2O. The fourth-order valence-corrected chi connectivity index (χ4v) is 2.36. The van der Waals surface area contributed by atoms with Crippen LogP contribution in [0.15, 0.2) is 0 Å². The molecule has 1 aliphatic rings. The van der Waals surface area contributed by atoms with Crippen molar-refractivity contribution in [3.63, 3.8) is 0 Å². The van der Waals surface area contributed by atoms with E-state index in [1.807, 2.05) is 20.8 Å². The van der Waals surface area contributed by atoms with E-state index in [9.17, 15) is 4.79 Å². The lowest BCUT2D eigenvalue weighted by molar-refractivity contribution is -0.123. The molecule has 1 amide bonds. The molecule has 0 aromatic carbocycles. The van der Waals surface area contributed by atoms with Gasteiger partial charge < -0.3 is 10.6 Å². The predicted octanol–water partition coefficient (Wildman–Crippen LogP) is 1.93. The molecule has 3 atom stereocenters. The van der Waals surface area contributed by atoms with Crippen molar-refractivity contribution in [1.82, 2.24) is 10.6 Å². The third-order valence-electron chi connectivity index (χ3n) is 3.55. The molecule has 1 rings (SSSR count). The van der Waals surface area contributed by atoms with Crippen LogP contribution in [0.2, 0.25) is 0 Å². The second-order valence-electron chi connectivity index (χ2n) is 5.46. The number of hydrogen-bond acceptors (Lipinski definition) is 2. The molecule has 0 aromatic rings. The van der Waals surface area contributed by atoms with Crippen LogP contribution in [0.25, 0.3) is 0 Å². The van der Waals surface area contributed by atoms with E-state index in [0.29, 0.717) is 0 Å². The second kappa shape index (κ2) is 6.24. The average molecular weight is 226 g/mol. The Labute approximate surface area is 99.4 Å². The Morgan fingerprint density at radius 2 is 2.00 bits per heavy atom. The van der Waals surface area contributed by atoms with Gasteiger partial charge in [-0.15, -0.1) is 0 Å². The summed E-state index contributed by atoms with van der Waals surface area (Å²) in [4.78, 5) is 11.7. The summed E-state index contributed by atoms with van der Waals surface area (Å²) in [7, 11) is 0. The second-order valence-corrected chi connectivity index (χ2v) is 5.46. The average Bonchev–Trinajstić information content (AvgIpc) is 2.59. The summed E-state index contributed by atoms with van der Waals surface area (Å²) in [5.74, 6) is 1.68. The third kappa shape index (κ3) is 4.12. The van der Waals surface area contributed by atoms with E-state index in [1.54, 1.807) is 0 Å². The highest BCUT2D eigenvalue weighted by molar-refractivity contribution is 5.81. The van der Waals surface area contributed by atoms with Crippen molar-refractivity contribution in [3.8, 4) is 0 Å². The van der Waals surface area contributed by atoms with Gasteiger partial charge in [-0.2, -0.15) is 0 Å². The summed E-state index contributed by atoms with van der Waals surface area (Å²) >= 11 is 0. The van der Waals surface area contributed by atoms with E-state index in [1.165, 1.54) is 19.3 Å². The van der Waals surface area contributed by atoms with Crippen molar-refractivity contribution in [2.45, 2.75) is 59.0 Å². The van der Waals surface area contributed by atoms with Crippen molar-refractivity contribution in [2.24, 2.45) is 11.8 Å². The number of nitrogens with one attached hydrogen (secondary N) is 2. The van der Waals surface area contributed by atoms with E-state index in [2.05, 4.69) is 17.6 Å². The van der Waals surface area contributed by atoms with E-state index in [-0.39, 0.29) is 18.0 Å². The minimum Gasteiger partial charge on any atom is -0.353 e. The SMILES string of the molecule is CC(C)NC(=O)C(C)NCC1CCCC1C. The maximum atomic E-state index is 11.7. The molecule has 3 unspecified atom stereocenters. The summed E-state index contributed by atoms with van der Waals surface area (Å²) in [6.45, 7) is 9.22. The molecule has 0 aromatic heterocycles. The topological polar surface area (TPSA) is 41.1 Å².